The summed E-state index contributed by atoms with van der Waals surface area (Å²) in [5.74, 6) is 0.603. The van der Waals surface area contributed by atoms with Crippen molar-refractivity contribution in [2.24, 2.45) is 5.92 Å². The van der Waals surface area contributed by atoms with E-state index in [1.54, 1.807) is 0 Å². The Bertz CT molecular complexity index is 302. The molecule has 0 spiro atoms. The Morgan fingerprint density at radius 3 is 2.35 bits per heavy atom. The Kier molecular flexibility index (Phi) is 5.11. The Balaban J connectivity index is 1.91. The minimum atomic E-state index is -0.0619. The highest BCUT2D eigenvalue weighted by Crippen LogP contribution is 2.29. The predicted molar refractivity (Wildman–Crippen MR) is 82.1 cm³/mol. The van der Waals surface area contributed by atoms with E-state index in [2.05, 4.69) is 44.8 Å². The van der Waals surface area contributed by atoms with Crippen LogP contribution in [0.2, 0.25) is 0 Å². The van der Waals surface area contributed by atoms with Gasteiger partial charge >= 0.3 is 0 Å². The lowest BCUT2D eigenvalue weighted by molar-refractivity contribution is -0.182. The number of nitrogens with one attached hydrogen (secondary N) is 1. The quantitative estimate of drug-likeness (QED) is 0.836. The molecule has 4 nitrogen and oxygen atoms in total. The largest absolute Gasteiger partial charge is 0.379 e. The zero-order valence-electron chi connectivity index (χ0n) is 13.9. The maximum atomic E-state index is 6.16. The van der Waals surface area contributed by atoms with Gasteiger partial charge in [0.25, 0.3) is 0 Å². The van der Waals surface area contributed by atoms with Gasteiger partial charge in [-0.15, -0.1) is 0 Å². The SMILES string of the molecule is CCCNC1COCC1CN1CC(C)(C)OC(C)(C)C1. The van der Waals surface area contributed by atoms with E-state index in [1.165, 1.54) is 6.42 Å². The number of nitrogens with zero attached hydrogens (tertiary/aromatic N) is 1. The van der Waals surface area contributed by atoms with Crippen LogP contribution in [-0.4, -0.2) is 61.5 Å². The first-order valence-corrected chi connectivity index (χ1v) is 8.05. The summed E-state index contributed by atoms with van der Waals surface area (Å²) in [6, 6.07) is 0.518. The number of hydrogen-bond donors (Lipinski definition) is 1. The third-order valence-electron chi connectivity index (χ3n) is 4.11. The van der Waals surface area contributed by atoms with Crippen LogP contribution < -0.4 is 5.32 Å². The smallest absolute Gasteiger partial charge is 0.0760 e. The highest BCUT2D eigenvalue weighted by molar-refractivity contribution is 4.92. The molecule has 0 amide bonds. The van der Waals surface area contributed by atoms with Crippen molar-refractivity contribution >= 4 is 0 Å². The van der Waals surface area contributed by atoms with Crippen LogP contribution in [0.4, 0.5) is 0 Å². The van der Waals surface area contributed by atoms with Crippen molar-refractivity contribution in [2.75, 3.05) is 39.4 Å². The minimum Gasteiger partial charge on any atom is -0.379 e. The Morgan fingerprint density at radius 1 is 1.10 bits per heavy atom. The van der Waals surface area contributed by atoms with E-state index < -0.39 is 0 Å². The van der Waals surface area contributed by atoms with Crippen LogP contribution in [0, 0.1) is 5.92 Å². The molecular formula is C16H32N2O2. The fourth-order valence-corrected chi connectivity index (χ4v) is 3.74. The number of ether oxygens (including phenoxy) is 2. The van der Waals surface area contributed by atoms with E-state index in [0.717, 1.165) is 39.4 Å². The molecule has 2 fully saturated rings. The van der Waals surface area contributed by atoms with E-state index >= 15 is 0 Å². The lowest BCUT2D eigenvalue weighted by Crippen LogP contribution is -2.58. The fourth-order valence-electron chi connectivity index (χ4n) is 3.74. The van der Waals surface area contributed by atoms with Gasteiger partial charge in [0.2, 0.25) is 0 Å². The van der Waals surface area contributed by atoms with Crippen molar-refractivity contribution in [2.45, 2.75) is 58.3 Å². The average Bonchev–Trinajstić information content (AvgIpc) is 2.69. The third kappa shape index (κ3) is 4.42. The summed E-state index contributed by atoms with van der Waals surface area (Å²) < 4.78 is 11.9. The van der Waals surface area contributed by atoms with Gasteiger partial charge in [-0.25, -0.2) is 0 Å². The van der Waals surface area contributed by atoms with Crippen molar-refractivity contribution in [3.05, 3.63) is 0 Å². The van der Waals surface area contributed by atoms with Crippen molar-refractivity contribution in [1.82, 2.24) is 10.2 Å². The van der Waals surface area contributed by atoms with Gasteiger partial charge in [-0.1, -0.05) is 6.92 Å². The number of rotatable bonds is 5. The highest BCUT2D eigenvalue weighted by Gasteiger charge is 2.40. The molecule has 2 heterocycles. The zero-order chi connectivity index (χ0) is 14.8. The van der Waals surface area contributed by atoms with E-state index in [9.17, 15) is 0 Å². The molecule has 0 radical (unpaired) electrons. The topological polar surface area (TPSA) is 33.7 Å². The molecule has 0 bridgehead atoms. The Morgan fingerprint density at radius 2 is 1.75 bits per heavy atom. The molecule has 2 rings (SSSR count). The van der Waals surface area contributed by atoms with Crippen LogP contribution in [0.3, 0.4) is 0 Å². The summed E-state index contributed by atoms with van der Waals surface area (Å²) in [6.07, 6.45) is 1.18. The second-order valence-corrected chi connectivity index (χ2v) is 7.65. The van der Waals surface area contributed by atoms with E-state index in [0.29, 0.717) is 12.0 Å². The maximum absolute atomic E-state index is 6.16. The summed E-state index contributed by atoms with van der Waals surface area (Å²) in [7, 11) is 0. The molecule has 0 saturated carbocycles. The average molecular weight is 284 g/mol. The van der Waals surface area contributed by atoms with E-state index in [-0.39, 0.29) is 11.2 Å². The minimum absolute atomic E-state index is 0.0619. The third-order valence-corrected chi connectivity index (χ3v) is 4.11. The van der Waals surface area contributed by atoms with Crippen LogP contribution in [-0.2, 0) is 9.47 Å². The van der Waals surface area contributed by atoms with Crippen LogP contribution >= 0.6 is 0 Å². The summed E-state index contributed by atoms with van der Waals surface area (Å²) in [6.45, 7) is 16.9. The molecule has 1 N–H and O–H groups in total. The lowest BCUT2D eigenvalue weighted by atomic mass is 9.96. The Labute approximate surface area is 124 Å². The van der Waals surface area contributed by atoms with Crippen molar-refractivity contribution in [3.63, 3.8) is 0 Å². The Hall–Kier alpha value is -0.160. The predicted octanol–water partition coefficient (Wildman–Crippen LogP) is 1.89. The summed E-state index contributed by atoms with van der Waals surface area (Å²) in [4.78, 5) is 2.56. The van der Waals surface area contributed by atoms with E-state index in [4.69, 9.17) is 9.47 Å². The van der Waals surface area contributed by atoms with Gasteiger partial charge in [0.15, 0.2) is 0 Å². The molecule has 0 aromatic rings. The van der Waals surface area contributed by atoms with Gasteiger partial charge in [-0.3, -0.25) is 4.90 Å². The van der Waals surface area contributed by atoms with Crippen LogP contribution in [0.1, 0.15) is 41.0 Å². The first kappa shape index (κ1) is 16.2. The van der Waals surface area contributed by atoms with Crippen molar-refractivity contribution < 1.29 is 9.47 Å². The molecular weight excluding hydrogens is 252 g/mol. The molecule has 0 aromatic heterocycles. The van der Waals surface area contributed by atoms with Crippen molar-refractivity contribution in [1.29, 1.82) is 0 Å². The van der Waals surface area contributed by atoms with Crippen LogP contribution in [0.15, 0.2) is 0 Å². The summed E-state index contributed by atoms with van der Waals surface area (Å²) >= 11 is 0. The van der Waals surface area contributed by atoms with Crippen LogP contribution in [0.25, 0.3) is 0 Å². The normalized spacial score (nSPS) is 33.5. The molecule has 4 heteroatoms. The van der Waals surface area contributed by atoms with Gasteiger partial charge in [-0.05, 0) is 40.7 Å². The molecule has 2 unspecified atom stereocenters. The molecule has 2 atom stereocenters. The van der Waals surface area contributed by atoms with Crippen molar-refractivity contribution in [3.8, 4) is 0 Å². The maximum Gasteiger partial charge on any atom is 0.0760 e. The second kappa shape index (κ2) is 6.30. The first-order valence-electron chi connectivity index (χ1n) is 8.05. The second-order valence-electron chi connectivity index (χ2n) is 7.65. The number of morpholine rings is 1. The van der Waals surface area contributed by atoms with Gasteiger partial charge in [-0.2, -0.15) is 0 Å². The molecule has 2 aliphatic heterocycles. The first-order chi connectivity index (χ1) is 9.31. The fraction of sp³-hybridized carbons (Fsp3) is 1.00. The molecule has 2 saturated heterocycles. The zero-order valence-corrected chi connectivity index (χ0v) is 13.9. The van der Waals surface area contributed by atoms with E-state index in [1.807, 2.05) is 0 Å². The van der Waals surface area contributed by atoms with Crippen LogP contribution in [0.5, 0.6) is 0 Å². The molecule has 0 aliphatic carbocycles. The van der Waals surface area contributed by atoms with Gasteiger partial charge < -0.3 is 14.8 Å². The summed E-state index contributed by atoms with van der Waals surface area (Å²) in [5, 5.41) is 3.63. The van der Waals surface area contributed by atoms with Gasteiger partial charge in [0, 0.05) is 31.6 Å². The highest BCUT2D eigenvalue weighted by atomic mass is 16.5. The number of hydrogen-bond acceptors (Lipinski definition) is 4. The molecule has 20 heavy (non-hydrogen) atoms. The molecule has 2 aliphatic rings. The lowest BCUT2D eigenvalue weighted by Gasteiger charge is -2.48. The molecule has 118 valence electrons. The van der Waals surface area contributed by atoms with Gasteiger partial charge in [0.05, 0.1) is 24.4 Å². The monoisotopic (exact) mass is 284 g/mol. The standard InChI is InChI=1S/C16H32N2O2/c1-6-7-17-14-10-19-9-13(14)8-18-11-15(2,3)20-16(4,5)12-18/h13-14,17H,6-12H2,1-5H3. The summed E-state index contributed by atoms with van der Waals surface area (Å²) in [5.41, 5.74) is -0.124. The molecule has 0 aromatic carbocycles. The van der Waals surface area contributed by atoms with Gasteiger partial charge in [0.1, 0.15) is 0 Å².